The maximum absolute atomic E-state index is 13.0. The van der Waals surface area contributed by atoms with E-state index in [4.69, 9.17) is 29.0 Å². The van der Waals surface area contributed by atoms with Crippen LogP contribution >= 0.6 is 7.82 Å². The Morgan fingerprint density at radius 1 is 0.712 bits per heavy atom. The highest BCUT2D eigenvalue weighted by atomic mass is 31.2. The SMILES string of the molecule is CCCCCCCCCCCCCCCCOCC(COP(=O)(O)OC[C@@H]1C[C@@H](O)[C@H](n2cnc3c(N)ncnc32)O1)OCCCCCCCCCCCCCCCC. The van der Waals surface area contributed by atoms with E-state index in [0.717, 1.165) is 25.7 Å². The molecule has 4 N–H and O–H groups in total. The summed E-state index contributed by atoms with van der Waals surface area (Å²) in [5, 5.41) is 10.7. The Kier molecular flexibility index (Phi) is 28.8. The number of imidazole rings is 1. The summed E-state index contributed by atoms with van der Waals surface area (Å²) < 4.78 is 43.4. The molecule has 342 valence electrons. The minimum atomic E-state index is -4.45. The third kappa shape index (κ3) is 23.4. The van der Waals surface area contributed by atoms with Gasteiger partial charge in [-0.05, 0) is 12.8 Å². The Morgan fingerprint density at radius 3 is 1.73 bits per heavy atom. The van der Waals surface area contributed by atoms with Crippen molar-refractivity contribution in [1.29, 1.82) is 0 Å². The molecule has 0 amide bonds. The van der Waals surface area contributed by atoms with Gasteiger partial charge in [-0.15, -0.1) is 0 Å². The number of nitrogen functional groups attached to an aromatic ring is 1. The van der Waals surface area contributed by atoms with Crippen LogP contribution in [0, 0.1) is 0 Å². The fraction of sp³-hybridized carbons (Fsp3) is 0.889. The van der Waals surface area contributed by atoms with Crippen molar-refractivity contribution in [2.24, 2.45) is 0 Å². The molecule has 59 heavy (non-hydrogen) atoms. The molecule has 13 nitrogen and oxygen atoms in total. The van der Waals surface area contributed by atoms with Gasteiger partial charge < -0.3 is 29.9 Å². The largest absolute Gasteiger partial charge is 0.472 e. The van der Waals surface area contributed by atoms with Crippen LogP contribution in [0.4, 0.5) is 5.82 Å². The zero-order valence-electron chi connectivity index (χ0n) is 37.2. The van der Waals surface area contributed by atoms with Crippen molar-refractivity contribution in [2.45, 2.75) is 225 Å². The third-order valence-electron chi connectivity index (χ3n) is 11.5. The van der Waals surface area contributed by atoms with Crippen LogP contribution < -0.4 is 5.73 Å². The minimum Gasteiger partial charge on any atom is -0.388 e. The molecule has 14 heteroatoms. The Hall–Kier alpha value is -1.70. The van der Waals surface area contributed by atoms with E-state index in [0.29, 0.717) is 24.4 Å². The number of anilines is 1. The van der Waals surface area contributed by atoms with Gasteiger partial charge >= 0.3 is 7.82 Å². The lowest BCUT2D eigenvalue weighted by Crippen LogP contribution is -2.26. The molecule has 1 aliphatic rings. The molecule has 1 saturated heterocycles. The number of phosphoric ester groups is 1. The van der Waals surface area contributed by atoms with Gasteiger partial charge in [-0.25, -0.2) is 19.5 Å². The molecule has 3 heterocycles. The summed E-state index contributed by atoms with van der Waals surface area (Å²) in [6, 6.07) is 0. The number of hydrogen-bond acceptors (Lipinski definition) is 11. The number of nitrogens with two attached hydrogens (primary N) is 1. The first-order valence-corrected chi connectivity index (χ1v) is 25.4. The van der Waals surface area contributed by atoms with Crippen LogP contribution in [0.1, 0.15) is 206 Å². The quantitative estimate of drug-likeness (QED) is 0.0428. The maximum atomic E-state index is 13.0. The van der Waals surface area contributed by atoms with Crippen LogP contribution in [0.25, 0.3) is 11.2 Å². The molecule has 2 unspecified atom stereocenters. The first-order valence-electron chi connectivity index (χ1n) is 23.9. The average Bonchev–Trinajstić information content (AvgIpc) is 3.83. The number of aliphatic hydroxyl groups excluding tert-OH is 1. The average molecular weight is 854 g/mol. The summed E-state index contributed by atoms with van der Waals surface area (Å²) >= 11 is 0. The van der Waals surface area contributed by atoms with Crippen LogP contribution in [0.2, 0.25) is 0 Å². The van der Waals surface area contributed by atoms with Crippen LogP contribution in [0.5, 0.6) is 0 Å². The van der Waals surface area contributed by atoms with Gasteiger partial charge in [0, 0.05) is 19.6 Å². The van der Waals surface area contributed by atoms with Crippen molar-refractivity contribution in [1.82, 2.24) is 19.5 Å². The molecular formula is C45H84N5O8P. The second kappa shape index (κ2) is 32.9. The monoisotopic (exact) mass is 854 g/mol. The number of aliphatic hydroxyl groups is 1. The lowest BCUT2D eigenvalue weighted by molar-refractivity contribution is -0.0563. The summed E-state index contributed by atoms with van der Waals surface area (Å²) in [6.45, 7) is 5.60. The van der Waals surface area contributed by atoms with Gasteiger partial charge in [0.1, 0.15) is 24.1 Å². The summed E-state index contributed by atoms with van der Waals surface area (Å²) in [5.74, 6) is 0.224. The summed E-state index contributed by atoms with van der Waals surface area (Å²) in [4.78, 5) is 23.0. The highest BCUT2D eigenvalue weighted by Gasteiger charge is 2.38. The zero-order chi connectivity index (χ0) is 42.2. The number of unbranched alkanes of at least 4 members (excludes halogenated alkanes) is 26. The predicted molar refractivity (Wildman–Crippen MR) is 237 cm³/mol. The van der Waals surface area contributed by atoms with E-state index >= 15 is 0 Å². The van der Waals surface area contributed by atoms with Crippen molar-refractivity contribution >= 4 is 24.8 Å². The van der Waals surface area contributed by atoms with Crippen LogP contribution in [0.3, 0.4) is 0 Å². The van der Waals surface area contributed by atoms with Crippen molar-refractivity contribution in [3.8, 4) is 0 Å². The van der Waals surface area contributed by atoms with Gasteiger partial charge in [-0.1, -0.05) is 181 Å². The molecule has 0 aromatic carbocycles. The second-order valence-electron chi connectivity index (χ2n) is 16.9. The van der Waals surface area contributed by atoms with E-state index in [1.807, 2.05) is 0 Å². The predicted octanol–water partition coefficient (Wildman–Crippen LogP) is 11.6. The van der Waals surface area contributed by atoms with Crippen LogP contribution in [-0.4, -0.2) is 80.9 Å². The fourth-order valence-corrected chi connectivity index (χ4v) is 8.62. The molecular weight excluding hydrogens is 769 g/mol. The van der Waals surface area contributed by atoms with Gasteiger partial charge in [0.2, 0.25) is 0 Å². The highest BCUT2D eigenvalue weighted by Crippen LogP contribution is 2.44. The van der Waals surface area contributed by atoms with E-state index in [1.165, 1.54) is 167 Å². The first kappa shape index (κ1) is 51.6. The van der Waals surface area contributed by atoms with E-state index in [1.54, 1.807) is 4.57 Å². The van der Waals surface area contributed by atoms with E-state index < -0.39 is 32.4 Å². The number of ether oxygens (including phenoxy) is 3. The number of aromatic nitrogens is 4. The topological polar surface area (TPSA) is 173 Å². The number of nitrogens with zero attached hydrogens (tertiary/aromatic N) is 4. The number of hydrogen-bond donors (Lipinski definition) is 3. The standard InChI is InChI=1S/C45H84N5O8P/c1-3-5-7-9-11-13-15-17-19-21-23-25-27-29-31-54-34-40(55-32-30-28-26-24-22-20-18-16-14-12-10-8-6-4-2)36-57-59(52,53)56-35-39-33-41(51)45(58-39)50-38-49-42-43(46)47-37-48-44(42)50/h37-41,45,51H,3-36H2,1-2H3,(H,52,53)(H2,46,47,48)/t39-,40?,41+,45+/m0/s1. The molecule has 0 saturated carbocycles. The lowest BCUT2D eigenvalue weighted by Gasteiger charge is -2.21. The molecule has 2 aromatic heterocycles. The number of phosphoric acid groups is 1. The van der Waals surface area contributed by atoms with E-state index in [2.05, 4.69) is 28.8 Å². The third-order valence-corrected chi connectivity index (χ3v) is 12.4. The Bertz CT molecular complexity index is 1350. The molecule has 5 atom stereocenters. The van der Waals surface area contributed by atoms with Crippen molar-refractivity contribution in [3.05, 3.63) is 12.7 Å². The fourth-order valence-electron chi connectivity index (χ4n) is 7.84. The Balaban J connectivity index is 1.31. The minimum absolute atomic E-state index is 0.135. The zero-order valence-corrected chi connectivity index (χ0v) is 38.1. The second-order valence-corrected chi connectivity index (χ2v) is 18.3. The van der Waals surface area contributed by atoms with Crippen molar-refractivity contribution in [3.63, 3.8) is 0 Å². The van der Waals surface area contributed by atoms with Gasteiger partial charge in [-0.2, -0.15) is 0 Å². The van der Waals surface area contributed by atoms with Crippen LogP contribution in [-0.2, 0) is 27.8 Å². The molecule has 3 rings (SSSR count). The molecule has 1 aliphatic heterocycles. The molecule has 1 fully saturated rings. The van der Waals surface area contributed by atoms with E-state index in [9.17, 15) is 14.6 Å². The first-order chi connectivity index (χ1) is 28.8. The smallest absolute Gasteiger partial charge is 0.388 e. The molecule has 0 spiro atoms. The molecule has 0 radical (unpaired) electrons. The maximum Gasteiger partial charge on any atom is 0.472 e. The van der Waals surface area contributed by atoms with Gasteiger partial charge in [-0.3, -0.25) is 13.6 Å². The Morgan fingerprint density at radius 2 is 1.20 bits per heavy atom. The molecule has 0 bridgehead atoms. The summed E-state index contributed by atoms with van der Waals surface area (Å²) in [6.07, 6.45) is 36.4. The van der Waals surface area contributed by atoms with Gasteiger partial charge in [0.05, 0.1) is 32.3 Å². The Labute approximate surface area is 357 Å². The van der Waals surface area contributed by atoms with Gasteiger partial charge in [0.15, 0.2) is 17.7 Å². The van der Waals surface area contributed by atoms with Gasteiger partial charge in [0.25, 0.3) is 0 Å². The van der Waals surface area contributed by atoms with Crippen LogP contribution in [0.15, 0.2) is 12.7 Å². The van der Waals surface area contributed by atoms with Crippen molar-refractivity contribution < 1.29 is 37.8 Å². The lowest BCUT2D eigenvalue weighted by atomic mass is 10.0. The molecule has 2 aromatic rings. The highest BCUT2D eigenvalue weighted by molar-refractivity contribution is 7.47. The van der Waals surface area contributed by atoms with E-state index in [-0.39, 0.29) is 32.1 Å². The summed E-state index contributed by atoms with van der Waals surface area (Å²) in [5.41, 5.74) is 6.73. The summed E-state index contributed by atoms with van der Waals surface area (Å²) in [7, 11) is -4.45. The normalized spacial score (nSPS) is 18.5. The number of rotatable bonds is 40. The number of fused-ring (bicyclic) bond motifs is 1. The van der Waals surface area contributed by atoms with Crippen molar-refractivity contribution in [2.75, 3.05) is 38.8 Å². The molecule has 0 aliphatic carbocycles.